The first-order chi connectivity index (χ1) is 17.8. The number of fused-ring (bicyclic) bond motifs is 3. The lowest BCUT2D eigenvalue weighted by Crippen LogP contribution is -2.34. The highest BCUT2D eigenvalue weighted by Gasteiger charge is 2.56. The Balaban J connectivity index is 1.44. The second kappa shape index (κ2) is 12.1. The number of phenolic OH excluding ortho intramolecular Hbond substituents is 1. The fourth-order valence-electron chi connectivity index (χ4n) is 6.35. The molecule has 1 aromatic carbocycles. The van der Waals surface area contributed by atoms with Gasteiger partial charge in [0.1, 0.15) is 5.75 Å². The molecule has 7 nitrogen and oxygen atoms in total. The maximum atomic E-state index is 13.4. The van der Waals surface area contributed by atoms with E-state index in [-0.39, 0.29) is 47.8 Å². The summed E-state index contributed by atoms with van der Waals surface area (Å²) in [4.78, 5) is 38.9. The second-order valence-corrected chi connectivity index (χ2v) is 10.7. The molecule has 2 saturated heterocycles. The molecule has 0 saturated carbocycles. The largest absolute Gasteiger partial charge is 0.508 e. The lowest BCUT2D eigenvalue weighted by Gasteiger charge is -2.32. The van der Waals surface area contributed by atoms with Crippen LogP contribution in [-0.2, 0) is 19.1 Å². The molecule has 2 amide bonds. The smallest absolute Gasteiger partial charge is 0.303 e. The first-order valence-corrected chi connectivity index (χ1v) is 13.7. The first kappa shape index (κ1) is 27.1. The zero-order valence-electron chi connectivity index (χ0n) is 21.9. The van der Waals surface area contributed by atoms with Gasteiger partial charge in [-0.3, -0.25) is 19.3 Å². The quantitative estimate of drug-likeness (QED) is 0.224. The van der Waals surface area contributed by atoms with Crippen LogP contribution in [0, 0.1) is 17.8 Å². The van der Waals surface area contributed by atoms with Gasteiger partial charge in [0.25, 0.3) is 0 Å². The Labute approximate surface area is 219 Å². The third-order valence-electron chi connectivity index (χ3n) is 8.01. The van der Waals surface area contributed by atoms with Crippen molar-refractivity contribution in [3.05, 3.63) is 46.5 Å². The van der Waals surface area contributed by atoms with E-state index >= 15 is 0 Å². The second-order valence-electron chi connectivity index (χ2n) is 10.7. The van der Waals surface area contributed by atoms with Gasteiger partial charge in [0.15, 0.2) is 0 Å². The van der Waals surface area contributed by atoms with Gasteiger partial charge in [0, 0.05) is 18.9 Å². The molecule has 0 spiro atoms. The van der Waals surface area contributed by atoms with E-state index in [4.69, 9.17) is 9.84 Å². The number of carbonyl (C=O) groups excluding carboxylic acids is 2. The number of carboxylic acids is 1. The van der Waals surface area contributed by atoms with Crippen molar-refractivity contribution in [3.8, 4) is 5.75 Å². The number of nitrogens with zero attached hydrogens (tertiary/aromatic N) is 1. The Kier molecular flexibility index (Phi) is 8.85. The minimum absolute atomic E-state index is 0.0332. The van der Waals surface area contributed by atoms with E-state index in [0.717, 1.165) is 31.2 Å². The molecule has 0 bridgehead atoms. The van der Waals surface area contributed by atoms with Gasteiger partial charge >= 0.3 is 5.97 Å². The van der Waals surface area contributed by atoms with Crippen LogP contribution in [0.5, 0.6) is 5.75 Å². The number of imide groups is 1. The predicted molar refractivity (Wildman–Crippen MR) is 141 cm³/mol. The van der Waals surface area contributed by atoms with E-state index in [0.29, 0.717) is 38.8 Å². The molecule has 4 atom stereocenters. The third kappa shape index (κ3) is 6.15. The van der Waals surface area contributed by atoms with Crippen LogP contribution in [0.25, 0.3) is 6.08 Å². The molecule has 2 N–H and O–H groups in total. The van der Waals surface area contributed by atoms with Crippen LogP contribution in [0.4, 0.5) is 0 Å². The van der Waals surface area contributed by atoms with E-state index < -0.39 is 5.97 Å². The van der Waals surface area contributed by atoms with Crippen LogP contribution in [0.1, 0.15) is 77.2 Å². The molecule has 4 rings (SSSR count). The highest BCUT2D eigenvalue weighted by molar-refractivity contribution is 6.05. The summed E-state index contributed by atoms with van der Waals surface area (Å²) in [5, 5.41) is 18.6. The summed E-state index contributed by atoms with van der Waals surface area (Å²) >= 11 is 0. The van der Waals surface area contributed by atoms with Gasteiger partial charge in [0.2, 0.25) is 11.8 Å². The maximum absolute atomic E-state index is 13.4. The number of likely N-dealkylation sites (tertiary alicyclic amines) is 1. The number of carboxylic acid groups (broad SMARTS) is 1. The number of unbranched alkanes of at least 4 members (excludes halogenated alkanes) is 2. The van der Waals surface area contributed by atoms with Crippen LogP contribution in [0.2, 0.25) is 0 Å². The van der Waals surface area contributed by atoms with Crippen LogP contribution in [-0.4, -0.2) is 52.2 Å². The van der Waals surface area contributed by atoms with Crippen LogP contribution in [0.3, 0.4) is 0 Å². The lowest BCUT2D eigenvalue weighted by molar-refractivity contribution is -0.141. The summed E-state index contributed by atoms with van der Waals surface area (Å²) in [5.74, 6) is -1.37. The van der Waals surface area contributed by atoms with E-state index in [9.17, 15) is 19.5 Å². The van der Waals surface area contributed by atoms with Crippen LogP contribution >= 0.6 is 0 Å². The van der Waals surface area contributed by atoms with Crippen LogP contribution < -0.4 is 0 Å². The molecular formula is C30H39NO6. The number of carbonyl (C=O) groups is 3. The number of benzene rings is 1. The average Bonchev–Trinajstić information content (AvgIpc) is 3.37. The Morgan fingerprint density at radius 2 is 1.95 bits per heavy atom. The van der Waals surface area contributed by atoms with Gasteiger partial charge < -0.3 is 14.9 Å². The Morgan fingerprint density at radius 3 is 2.68 bits per heavy atom. The summed E-state index contributed by atoms with van der Waals surface area (Å²) in [6.07, 6.45) is 8.27. The molecule has 200 valence electrons. The number of phenols is 1. The minimum atomic E-state index is -0.817. The Morgan fingerprint density at radius 1 is 1.14 bits per heavy atom. The number of ether oxygens (including phenoxy) is 1. The van der Waals surface area contributed by atoms with Crippen molar-refractivity contribution >= 4 is 23.9 Å². The first-order valence-electron chi connectivity index (χ1n) is 13.7. The van der Waals surface area contributed by atoms with Gasteiger partial charge in [-0.2, -0.15) is 0 Å². The normalized spacial score (nSPS) is 25.6. The van der Waals surface area contributed by atoms with Gasteiger partial charge in [-0.15, -0.1) is 0 Å². The van der Waals surface area contributed by atoms with E-state index in [2.05, 4.69) is 19.9 Å². The van der Waals surface area contributed by atoms with Gasteiger partial charge in [-0.1, -0.05) is 49.1 Å². The SMILES string of the molecule is CCCC1=C2[C@@H](CC/C(C)=C/c3cccc(O)c3)OC[C@@H]2[C@@H]2C(=O)N(CCCCCC(=O)O)C(=O)[C@@H]2C1. The lowest BCUT2D eigenvalue weighted by atomic mass is 9.68. The third-order valence-corrected chi connectivity index (χ3v) is 8.01. The summed E-state index contributed by atoms with van der Waals surface area (Å²) < 4.78 is 6.30. The van der Waals surface area contributed by atoms with Crippen molar-refractivity contribution in [1.29, 1.82) is 0 Å². The average molecular weight is 510 g/mol. The van der Waals surface area contributed by atoms with Gasteiger partial charge in [-0.05, 0) is 68.7 Å². The molecule has 2 aliphatic heterocycles. The Bertz CT molecular complexity index is 1090. The molecule has 1 aliphatic carbocycles. The molecule has 0 unspecified atom stereocenters. The summed E-state index contributed by atoms with van der Waals surface area (Å²) in [6, 6.07) is 7.20. The van der Waals surface area contributed by atoms with E-state index in [1.807, 2.05) is 12.1 Å². The van der Waals surface area contributed by atoms with Crippen molar-refractivity contribution < 1.29 is 29.3 Å². The summed E-state index contributed by atoms with van der Waals surface area (Å²) in [6.45, 7) is 5.09. The monoisotopic (exact) mass is 509 g/mol. The molecule has 0 radical (unpaired) electrons. The topological polar surface area (TPSA) is 104 Å². The molecular weight excluding hydrogens is 470 g/mol. The fraction of sp³-hybridized carbons (Fsp3) is 0.567. The number of aliphatic carboxylic acids is 1. The molecule has 37 heavy (non-hydrogen) atoms. The van der Waals surface area contributed by atoms with Crippen molar-refractivity contribution in [2.24, 2.45) is 17.8 Å². The standard InChI is InChI=1S/C30H39NO6/c1-3-8-21-17-23-28(30(36)31(29(23)35)14-6-4-5-11-26(33)34)24-18-37-25(27(21)24)13-12-19(2)15-20-9-7-10-22(32)16-20/h7,9-10,15-16,23-25,28,32H,3-6,8,11-14,17-18H2,1-2H3,(H,33,34)/b19-15+/t23-,24+,25-,28-/m1/s1. The maximum Gasteiger partial charge on any atom is 0.303 e. The predicted octanol–water partition coefficient (Wildman–Crippen LogP) is 5.34. The van der Waals surface area contributed by atoms with Crippen molar-refractivity contribution in [2.75, 3.05) is 13.2 Å². The number of rotatable bonds is 12. The molecule has 0 aromatic heterocycles. The number of hydrogen-bond donors (Lipinski definition) is 2. The molecule has 2 heterocycles. The molecule has 1 aromatic rings. The Hall–Kier alpha value is -2.93. The van der Waals surface area contributed by atoms with Gasteiger partial charge in [0.05, 0.1) is 24.5 Å². The highest BCUT2D eigenvalue weighted by Crippen LogP contribution is 2.50. The zero-order valence-corrected chi connectivity index (χ0v) is 21.9. The number of aromatic hydroxyl groups is 1. The molecule has 2 fully saturated rings. The summed E-state index contributed by atoms with van der Waals surface area (Å²) in [7, 11) is 0. The minimum Gasteiger partial charge on any atom is -0.508 e. The van der Waals surface area contributed by atoms with Crippen molar-refractivity contribution in [1.82, 2.24) is 4.90 Å². The van der Waals surface area contributed by atoms with E-state index in [1.165, 1.54) is 21.6 Å². The number of allylic oxidation sites excluding steroid dienone is 2. The van der Waals surface area contributed by atoms with Crippen LogP contribution in [0.15, 0.2) is 41.0 Å². The molecule has 3 aliphatic rings. The fourth-order valence-corrected chi connectivity index (χ4v) is 6.35. The summed E-state index contributed by atoms with van der Waals surface area (Å²) in [5.41, 5.74) is 4.73. The number of amides is 2. The van der Waals surface area contributed by atoms with Crippen molar-refractivity contribution in [2.45, 2.75) is 77.7 Å². The van der Waals surface area contributed by atoms with Crippen molar-refractivity contribution in [3.63, 3.8) is 0 Å². The highest BCUT2D eigenvalue weighted by atomic mass is 16.5. The van der Waals surface area contributed by atoms with E-state index in [1.54, 1.807) is 12.1 Å². The van der Waals surface area contributed by atoms with Gasteiger partial charge in [-0.25, -0.2) is 0 Å². The number of hydrogen-bond acceptors (Lipinski definition) is 5. The zero-order chi connectivity index (χ0) is 26.5. The molecule has 7 heteroatoms.